The molecule has 104 valence electrons. The van der Waals surface area contributed by atoms with E-state index in [4.69, 9.17) is 4.52 Å². The second-order valence-corrected chi connectivity index (χ2v) is 6.27. The molecule has 2 aromatic heterocycles. The average Bonchev–Trinajstić information content (AvgIpc) is 2.81. The lowest BCUT2D eigenvalue weighted by Gasteiger charge is -2.19. The zero-order valence-electron chi connectivity index (χ0n) is 12.4. The Bertz CT molecular complexity index is 554. The predicted molar refractivity (Wildman–Crippen MR) is 77.5 cm³/mol. The number of aryl methyl sites for hydroxylation is 4. The Hall–Kier alpha value is -1.20. The van der Waals surface area contributed by atoms with Gasteiger partial charge < -0.3 is 9.84 Å². The normalized spacial score (nSPS) is 14.6. The largest absolute Gasteiger partial charge is 0.361 e. The van der Waals surface area contributed by atoms with E-state index in [9.17, 15) is 0 Å². The fourth-order valence-corrected chi connectivity index (χ4v) is 3.53. The average molecular weight is 279 g/mol. The lowest BCUT2D eigenvalue weighted by Crippen LogP contribution is -2.23. The van der Waals surface area contributed by atoms with Crippen LogP contribution in [0.3, 0.4) is 0 Å². The van der Waals surface area contributed by atoms with Gasteiger partial charge in [-0.15, -0.1) is 11.3 Å². The molecule has 0 spiro atoms. The third kappa shape index (κ3) is 2.87. The van der Waals surface area contributed by atoms with Gasteiger partial charge in [0.2, 0.25) is 0 Å². The molecule has 2 heterocycles. The first-order valence-corrected chi connectivity index (χ1v) is 7.34. The molecule has 19 heavy (non-hydrogen) atoms. The summed E-state index contributed by atoms with van der Waals surface area (Å²) in [5.74, 6) is 0.891. The zero-order chi connectivity index (χ0) is 14.2. The van der Waals surface area contributed by atoms with Gasteiger partial charge in [-0.05, 0) is 41.5 Å². The number of hydrogen-bond acceptors (Lipinski definition) is 5. The van der Waals surface area contributed by atoms with E-state index in [1.807, 2.05) is 20.8 Å². The van der Waals surface area contributed by atoms with Gasteiger partial charge in [0.1, 0.15) is 5.76 Å². The summed E-state index contributed by atoms with van der Waals surface area (Å²) in [6.45, 7) is 12.4. The van der Waals surface area contributed by atoms with E-state index >= 15 is 0 Å². The minimum Gasteiger partial charge on any atom is -0.361 e. The molecule has 2 aromatic rings. The lowest BCUT2D eigenvalue weighted by atomic mass is 10.1. The molecule has 0 aromatic carbocycles. The van der Waals surface area contributed by atoms with Crippen molar-refractivity contribution in [1.29, 1.82) is 0 Å². The number of hydrogen-bond donors (Lipinski definition) is 1. The molecule has 0 aliphatic rings. The van der Waals surface area contributed by atoms with Crippen molar-refractivity contribution in [1.82, 2.24) is 15.5 Å². The number of nitrogens with zero attached hydrogens (tertiary/aromatic N) is 2. The monoisotopic (exact) mass is 279 g/mol. The Labute approximate surface area is 118 Å². The molecule has 0 amide bonds. The van der Waals surface area contributed by atoms with Crippen LogP contribution in [0.2, 0.25) is 0 Å². The summed E-state index contributed by atoms with van der Waals surface area (Å²) in [7, 11) is 0. The van der Waals surface area contributed by atoms with Gasteiger partial charge in [-0.25, -0.2) is 4.98 Å². The van der Waals surface area contributed by atoms with E-state index < -0.39 is 0 Å². The molecular weight excluding hydrogens is 258 g/mol. The highest BCUT2D eigenvalue weighted by molar-refractivity contribution is 7.11. The van der Waals surface area contributed by atoms with Crippen LogP contribution >= 0.6 is 11.3 Å². The fraction of sp³-hybridized carbons (Fsp3) is 0.571. The first-order valence-electron chi connectivity index (χ1n) is 6.53. The number of rotatable bonds is 4. The molecule has 0 saturated heterocycles. The summed E-state index contributed by atoms with van der Waals surface area (Å²) < 4.78 is 5.23. The Balaban J connectivity index is 2.15. The SMILES string of the molecule is Cc1nc(C)c(C(C)NC(C)c2c(C)noc2C)s1. The summed E-state index contributed by atoms with van der Waals surface area (Å²) in [5, 5.41) is 8.74. The minimum absolute atomic E-state index is 0.211. The van der Waals surface area contributed by atoms with Crippen LogP contribution in [0.5, 0.6) is 0 Å². The Morgan fingerprint density at radius 3 is 2.21 bits per heavy atom. The summed E-state index contributed by atoms with van der Waals surface area (Å²) in [5.41, 5.74) is 3.24. The van der Waals surface area contributed by atoms with Crippen LogP contribution in [0.25, 0.3) is 0 Å². The van der Waals surface area contributed by atoms with E-state index in [1.165, 1.54) is 4.88 Å². The van der Waals surface area contributed by atoms with E-state index in [-0.39, 0.29) is 12.1 Å². The van der Waals surface area contributed by atoms with E-state index in [0.29, 0.717) is 0 Å². The molecule has 0 aliphatic carbocycles. The fourth-order valence-electron chi connectivity index (χ4n) is 2.59. The topological polar surface area (TPSA) is 51.0 Å². The molecule has 2 atom stereocenters. The van der Waals surface area contributed by atoms with E-state index in [2.05, 4.69) is 36.2 Å². The highest BCUT2D eigenvalue weighted by Gasteiger charge is 2.20. The predicted octanol–water partition coefficient (Wildman–Crippen LogP) is 3.78. The first-order chi connectivity index (χ1) is 8.90. The maximum absolute atomic E-state index is 5.23. The maximum Gasteiger partial charge on any atom is 0.138 e. The molecule has 0 radical (unpaired) electrons. The van der Waals surface area contributed by atoms with Crippen molar-refractivity contribution in [2.24, 2.45) is 0 Å². The Morgan fingerprint density at radius 2 is 1.74 bits per heavy atom. The van der Waals surface area contributed by atoms with Gasteiger partial charge in [0.25, 0.3) is 0 Å². The molecule has 0 saturated carbocycles. The van der Waals surface area contributed by atoms with Crippen molar-refractivity contribution in [2.45, 2.75) is 53.6 Å². The van der Waals surface area contributed by atoms with Crippen molar-refractivity contribution in [2.75, 3.05) is 0 Å². The third-order valence-corrected chi connectivity index (χ3v) is 4.61. The van der Waals surface area contributed by atoms with Crippen LogP contribution in [0.15, 0.2) is 4.52 Å². The smallest absolute Gasteiger partial charge is 0.138 e. The van der Waals surface area contributed by atoms with Crippen LogP contribution in [0, 0.1) is 27.7 Å². The van der Waals surface area contributed by atoms with Crippen molar-refractivity contribution in [3.05, 3.63) is 32.6 Å². The molecule has 1 N–H and O–H groups in total. The summed E-state index contributed by atoms with van der Waals surface area (Å²) in [4.78, 5) is 5.79. The van der Waals surface area contributed by atoms with Gasteiger partial charge in [-0.2, -0.15) is 0 Å². The standard InChI is InChI=1S/C14H21N3OS/c1-7(13-8(2)17-18-11(13)5)15-9(3)14-10(4)16-12(6)19-14/h7,9,15H,1-6H3. The van der Waals surface area contributed by atoms with Gasteiger partial charge >= 0.3 is 0 Å². The quantitative estimate of drug-likeness (QED) is 0.925. The van der Waals surface area contributed by atoms with Crippen molar-refractivity contribution in [3.8, 4) is 0 Å². The van der Waals surface area contributed by atoms with Crippen LogP contribution in [0.4, 0.5) is 0 Å². The number of thiazole rings is 1. The van der Waals surface area contributed by atoms with Crippen LogP contribution in [-0.4, -0.2) is 10.1 Å². The minimum atomic E-state index is 0.211. The number of nitrogens with one attached hydrogen (secondary N) is 1. The highest BCUT2D eigenvalue weighted by atomic mass is 32.1. The summed E-state index contributed by atoms with van der Waals surface area (Å²) in [6.07, 6.45) is 0. The Morgan fingerprint density at radius 1 is 1.05 bits per heavy atom. The van der Waals surface area contributed by atoms with Crippen LogP contribution in [0.1, 0.15) is 58.5 Å². The Kier molecular flexibility index (Phi) is 4.06. The van der Waals surface area contributed by atoms with Crippen molar-refractivity contribution < 1.29 is 4.52 Å². The summed E-state index contributed by atoms with van der Waals surface area (Å²) >= 11 is 1.76. The van der Waals surface area contributed by atoms with E-state index in [1.54, 1.807) is 11.3 Å². The molecule has 0 fully saturated rings. The lowest BCUT2D eigenvalue weighted by molar-refractivity contribution is 0.389. The van der Waals surface area contributed by atoms with Gasteiger partial charge in [-0.3, -0.25) is 0 Å². The van der Waals surface area contributed by atoms with Gasteiger partial charge in [0, 0.05) is 22.5 Å². The molecule has 0 aliphatic heterocycles. The van der Waals surface area contributed by atoms with E-state index in [0.717, 1.165) is 27.7 Å². The molecule has 4 nitrogen and oxygen atoms in total. The number of aromatic nitrogens is 2. The molecule has 5 heteroatoms. The van der Waals surface area contributed by atoms with Gasteiger partial charge in [0.15, 0.2) is 0 Å². The van der Waals surface area contributed by atoms with Crippen LogP contribution in [-0.2, 0) is 0 Å². The maximum atomic E-state index is 5.23. The van der Waals surface area contributed by atoms with Crippen molar-refractivity contribution >= 4 is 11.3 Å². The molecular formula is C14H21N3OS. The van der Waals surface area contributed by atoms with Crippen molar-refractivity contribution in [3.63, 3.8) is 0 Å². The zero-order valence-corrected chi connectivity index (χ0v) is 13.2. The second-order valence-electron chi connectivity index (χ2n) is 5.03. The molecule has 0 bridgehead atoms. The third-order valence-electron chi connectivity index (χ3n) is 3.35. The molecule has 2 rings (SSSR count). The molecule has 2 unspecified atom stereocenters. The highest BCUT2D eigenvalue weighted by Crippen LogP contribution is 2.28. The van der Waals surface area contributed by atoms with Gasteiger partial charge in [-0.1, -0.05) is 5.16 Å². The van der Waals surface area contributed by atoms with Crippen LogP contribution < -0.4 is 5.32 Å². The first kappa shape index (κ1) is 14.2. The van der Waals surface area contributed by atoms with Gasteiger partial charge in [0.05, 0.1) is 16.4 Å². The second kappa shape index (κ2) is 5.43. The summed E-state index contributed by atoms with van der Waals surface area (Å²) in [6, 6.07) is 0.484.